The van der Waals surface area contributed by atoms with Gasteiger partial charge in [0.25, 0.3) is 0 Å². The minimum atomic E-state index is -0.506. The van der Waals surface area contributed by atoms with E-state index in [1.54, 1.807) is 12.1 Å². The van der Waals surface area contributed by atoms with E-state index in [0.29, 0.717) is 4.47 Å². The summed E-state index contributed by atoms with van der Waals surface area (Å²) >= 11 is 3.23. The number of carbonyl (C=O) groups is 2. The van der Waals surface area contributed by atoms with Crippen molar-refractivity contribution >= 4 is 27.5 Å². The highest BCUT2D eigenvalue weighted by molar-refractivity contribution is 9.10. The van der Waals surface area contributed by atoms with Crippen molar-refractivity contribution in [3.63, 3.8) is 0 Å². The summed E-state index contributed by atoms with van der Waals surface area (Å²) < 4.78 is 0.470. The Hall–Kier alpha value is -1.94. The lowest BCUT2D eigenvalue weighted by atomic mass is 9.87. The zero-order valence-electron chi connectivity index (χ0n) is 12.8. The van der Waals surface area contributed by atoms with E-state index < -0.39 is 5.41 Å². The standard InChI is InChI=1S/C19H17BrO3/c1-12-9-14(18(23)15(20)10-12)16(21)11-17(22)19(7-8-19)13-5-3-2-4-6-13/h2-6,9-10,23H,7-8,11H2,1H3. The summed E-state index contributed by atoms with van der Waals surface area (Å²) in [5, 5.41) is 10.1. The maximum Gasteiger partial charge on any atom is 0.174 e. The van der Waals surface area contributed by atoms with E-state index in [-0.39, 0.29) is 29.3 Å². The van der Waals surface area contributed by atoms with Gasteiger partial charge in [0.05, 0.1) is 21.9 Å². The molecule has 0 aromatic heterocycles. The van der Waals surface area contributed by atoms with Crippen molar-refractivity contribution in [1.29, 1.82) is 0 Å². The molecule has 2 aromatic rings. The van der Waals surface area contributed by atoms with Gasteiger partial charge in [-0.25, -0.2) is 0 Å². The highest BCUT2D eigenvalue weighted by Crippen LogP contribution is 2.49. The van der Waals surface area contributed by atoms with E-state index >= 15 is 0 Å². The number of hydrogen-bond donors (Lipinski definition) is 1. The quantitative estimate of drug-likeness (QED) is 0.627. The Kier molecular flexibility index (Phi) is 4.11. The second kappa shape index (κ2) is 5.93. The molecule has 1 aliphatic carbocycles. The van der Waals surface area contributed by atoms with Gasteiger partial charge in [0.2, 0.25) is 0 Å². The molecular weight excluding hydrogens is 356 g/mol. The summed E-state index contributed by atoms with van der Waals surface area (Å²) in [6.45, 7) is 1.84. The van der Waals surface area contributed by atoms with Crippen LogP contribution in [0.2, 0.25) is 0 Å². The second-order valence-electron chi connectivity index (χ2n) is 6.11. The van der Waals surface area contributed by atoms with E-state index in [4.69, 9.17) is 0 Å². The molecule has 23 heavy (non-hydrogen) atoms. The van der Waals surface area contributed by atoms with Crippen LogP contribution in [0.3, 0.4) is 0 Å². The third-order valence-corrected chi connectivity index (χ3v) is 5.04. The van der Waals surface area contributed by atoms with Crippen LogP contribution in [0, 0.1) is 6.92 Å². The molecule has 1 N–H and O–H groups in total. The van der Waals surface area contributed by atoms with Crippen LogP contribution in [0.5, 0.6) is 5.75 Å². The van der Waals surface area contributed by atoms with E-state index in [0.717, 1.165) is 24.0 Å². The molecule has 1 saturated carbocycles. The summed E-state index contributed by atoms with van der Waals surface area (Å²) in [6.07, 6.45) is 1.39. The number of aryl methyl sites for hydroxylation is 1. The molecule has 0 heterocycles. The topological polar surface area (TPSA) is 54.4 Å². The second-order valence-corrected chi connectivity index (χ2v) is 6.97. The number of halogens is 1. The van der Waals surface area contributed by atoms with E-state index in [2.05, 4.69) is 15.9 Å². The van der Waals surface area contributed by atoms with Gasteiger partial charge in [-0.1, -0.05) is 30.3 Å². The van der Waals surface area contributed by atoms with Crippen molar-refractivity contribution in [2.75, 3.05) is 0 Å². The first-order valence-corrected chi connectivity index (χ1v) is 8.34. The van der Waals surface area contributed by atoms with Crippen LogP contribution in [0.15, 0.2) is 46.9 Å². The zero-order chi connectivity index (χ0) is 16.6. The molecule has 4 heteroatoms. The Morgan fingerprint density at radius 2 is 1.83 bits per heavy atom. The van der Waals surface area contributed by atoms with E-state index in [1.165, 1.54) is 0 Å². The van der Waals surface area contributed by atoms with E-state index in [9.17, 15) is 14.7 Å². The van der Waals surface area contributed by atoms with Crippen molar-refractivity contribution in [3.05, 3.63) is 63.6 Å². The molecule has 0 radical (unpaired) electrons. The number of phenolic OH excluding ortho intramolecular Hbond substituents is 1. The van der Waals surface area contributed by atoms with Crippen LogP contribution < -0.4 is 0 Å². The number of rotatable bonds is 5. The fourth-order valence-corrected chi connectivity index (χ4v) is 3.54. The Balaban J connectivity index is 1.83. The SMILES string of the molecule is Cc1cc(Br)c(O)c(C(=O)CC(=O)C2(c3ccccc3)CC2)c1. The first-order chi connectivity index (χ1) is 10.9. The van der Waals surface area contributed by atoms with Crippen LogP contribution in [0.1, 0.15) is 40.7 Å². The lowest BCUT2D eigenvalue weighted by Gasteiger charge is -2.14. The Morgan fingerprint density at radius 1 is 1.17 bits per heavy atom. The largest absolute Gasteiger partial charge is 0.506 e. The number of hydrogen-bond acceptors (Lipinski definition) is 3. The van der Waals surface area contributed by atoms with Gasteiger partial charge >= 0.3 is 0 Å². The summed E-state index contributed by atoms with van der Waals surface area (Å²) in [5.41, 5.74) is 1.53. The van der Waals surface area contributed by atoms with Crippen molar-refractivity contribution < 1.29 is 14.7 Å². The number of Topliss-reactive ketones (excluding diaryl/α,β-unsaturated/α-hetero) is 2. The van der Waals surface area contributed by atoms with Crippen molar-refractivity contribution in [1.82, 2.24) is 0 Å². The number of carbonyl (C=O) groups excluding carboxylic acids is 2. The fraction of sp³-hybridized carbons (Fsp3) is 0.263. The van der Waals surface area contributed by atoms with Gasteiger partial charge < -0.3 is 5.11 Å². The Bertz CT molecular complexity index is 777. The smallest absolute Gasteiger partial charge is 0.174 e. The van der Waals surface area contributed by atoms with Gasteiger partial charge in [0.1, 0.15) is 5.75 Å². The van der Waals surface area contributed by atoms with Crippen LogP contribution in [0.4, 0.5) is 0 Å². The molecule has 0 aliphatic heterocycles. The predicted molar refractivity (Wildman–Crippen MR) is 91.9 cm³/mol. The Labute approximate surface area is 143 Å². The maximum atomic E-state index is 12.7. The summed E-state index contributed by atoms with van der Waals surface area (Å²) in [7, 11) is 0. The fourth-order valence-electron chi connectivity index (χ4n) is 2.97. The minimum absolute atomic E-state index is 0.0641. The van der Waals surface area contributed by atoms with Crippen molar-refractivity contribution in [2.45, 2.75) is 31.6 Å². The van der Waals surface area contributed by atoms with Gasteiger partial charge in [-0.05, 0) is 59.0 Å². The summed E-state index contributed by atoms with van der Waals surface area (Å²) in [5.74, 6) is -0.497. The third kappa shape index (κ3) is 2.95. The molecule has 1 aliphatic rings. The minimum Gasteiger partial charge on any atom is -0.506 e. The highest BCUT2D eigenvalue weighted by atomic mass is 79.9. The van der Waals surface area contributed by atoms with Crippen LogP contribution in [-0.4, -0.2) is 16.7 Å². The van der Waals surface area contributed by atoms with Gasteiger partial charge in [0, 0.05) is 0 Å². The van der Waals surface area contributed by atoms with Gasteiger partial charge in [-0.2, -0.15) is 0 Å². The molecule has 0 saturated heterocycles. The zero-order valence-corrected chi connectivity index (χ0v) is 14.4. The van der Waals surface area contributed by atoms with Crippen LogP contribution in [-0.2, 0) is 10.2 Å². The lowest BCUT2D eigenvalue weighted by molar-refractivity contribution is -0.120. The third-order valence-electron chi connectivity index (χ3n) is 4.44. The monoisotopic (exact) mass is 372 g/mol. The molecule has 0 amide bonds. The molecule has 118 valence electrons. The first kappa shape index (κ1) is 15.9. The molecule has 1 fully saturated rings. The van der Waals surface area contributed by atoms with Gasteiger partial charge in [-0.15, -0.1) is 0 Å². The van der Waals surface area contributed by atoms with E-state index in [1.807, 2.05) is 37.3 Å². The summed E-state index contributed by atoms with van der Waals surface area (Å²) in [4.78, 5) is 25.2. The predicted octanol–water partition coefficient (Wildman–Crippen LogP) is 4.34. The van der Waals surface area contributed by atoms with Crippen LogP contribution in [0.25, 0.3) is 0 Å². The maximum absolute atomic E-state index is 12.7. The number of ketones is 2. The molecule has 0 bridgehead atoms. The normalized spacial score (nSPS) is 15.2. The van der Waals surface area contributed by atoms with Gasteiger partial charge in [0.15, 0.2) is 11.6 Å². The number of benzene rings is 2. The van der Waals surface area contributed by atoms with Gasteiger partial charge in [-0.3, -0.25) is 9.59 Å². The molecule has 0 atom stereocenters. The first-order valence-electron chi connectivity index (χ1n) is 7.55. The molecule has 2 aromatic carbocycles. The molecular formula is C19H17BrO3. The average molecular weight is 373 g/mol. The Morgan fingerprint density at radius 3 is 2.43 bits per heavy atom. The molecule has 0 unspecified atom stereocenters. The number of aromatic hydroxyl groups is 1. The van der Waals surface area contributed by atoms with Crippen LogP contribution >= 0.6 is 15.9 Å². The number of phenols is 1. The molecule has 3 rings (SSSR count). The lowest BCUT2D eigenvalue weighted by Crippen LogP contribution is -2.23. The highest BCUT2D eigenvalue weighted by Gasteiger charge is 2.50. The average Bonchev–Trinajstić information content (AvgIpc) is 3.33. The molecule has 3 nitrogen and oxygen atoms in total. The summed E-state index contributed by atoms with van der Waals surface area (Å²) in [6, 6.07) is 13.0. The van der Waals surface area contributed by atoms with Crippen molar-refractivity contribution in [2.24, 2.45) is 0 Å². The van der Waals surface area contributed by atoms with Crippen molar-refractivity contribution in [3.8, 4) is 5.75 Å². The molecule has 0 spiro atoms.